The van der Waals surface area contributed by atoms with E-state index < -0.39 is 34.1 Å². The summed E-state index contributed by atoms with van der Waals surface area (Å²) in [7, 11) is 0. The molecule has 1 saturated carbocycles. The van der Waals surface area contributed by atoms with Crippen molar-refractivity contribution in [3.05, 3.63) is 39.9 Å². The molecule has 128 valence electrons. The standard InChI is InChI=1S/C16H17NO7/c1-3-23-14(19)16(15(20)24-4-2)11(9-18)13(16)10-7-5-6-8-12(10)17(21)22/h5-9,11,13H,3-4H2,1-2H3/t11-,13+/m1/s1. The van der Waals surface area contributed by atoms with E-state index in [9.17, 15) is 24.5 Å². The van der Waals surface area contributed by atoms with Gasteiger partial charge in [-0.1, -0.05) is 18.2 Å². The molecule has 8 nitrogen and oxygen atoms in total. The van der Waals surface area contributed by atoms with Gasteiger partial charge in [-0.15, -0.1) is 0 Å². The Morgan fingerprint density at radius 2 is 1.75 bits per heavy atom. The zero-order valence-corrected chi connectivity index (χ0v) is 13.3. The smallest absolute Gasteiger partial charge is 0.324 e. The topological polar surface area (TPSA) is 113 Å². The van der Waals surface area contributed by atoms with Gasteiger partial charge in [0.2, 0.25) is 0 Å². The first kappa shape index (κ1) is 17.6. The minimum Gasteiger partial charge on any atom is -0.465 e. The lowest BCUT2D eigenvalue weighted by Crippen LogP contribution is -2.33. The van der Waals surface area contributed by atoms with Gasteiger partial charge in [0, 0.05) is 17.5 Å². The molecule has 24 heavy (non-hydrogen) atoms. The Morgan fingerprint density at radius 1 is 1.21 bits per heavy atom. The number of nitrogens with zero attached hydrogens (tertiary/aromatic N) is 1. The van der Waals surface area contributed by atoms with Crippen LogP contribution in [0.4, 0.5) is 5.69 Å². The number of carbonyl (C=O) groups excluding carboxylic acids is 3. The van der Waals surface area contributed by atoms with Crippen LogP contribution >= 0.6 is 0 Å². The van der Waals surface area contributed by atoms with Crippen LogP contribution in [-0.4, -0.2) is 36.4 Å². The highest BCUT2D eigenvalue weighted by atomic mass is 16.6. The van der Waals surface area contributed by atoms with Crippen LogP contribution in [0.2, 0.25) is 0 Å². The summed E-state index contributed by atoms with van der Waals surface area (Å²) in [5.74, 6) is -3.83. The summed E-state index contributed by atoms with van der Waals surface area (Å²) in [6.45, 7) is 3.15. The van der Waals surface area contributed by atoms with E-state index in [1.807, 2.05) is 0 Å². The number of esters is 2. The molecule has 0 radical (unpaired) electrons. The summed E-state index contributed by atoms with van der Waals surface area (Å²) in [4.78, 5) is 47.0. The molecule has 1 fully saturated rings. The van der Waals surface area contributed by atoms with Crippen LogP contribution in [0.3, 0.4) is 0 Å². The molecule has 0 unspecified atom stereocenters. The Bertz CT molecular complexity index is 667. The molecule has 1 aliphatic rings. The van der Waals surface area contributed by atoms with E-state index in [0.717, 1.165) is 0 Å². The van der Waals surface area contributed by atoms with Crippen molar-refractivity contribution in [2.24, 2.45) is 11.3 Å². The fourth-order valence-corrected chi connectivity index (χ4v) is 3.07. The molecular formula is C16H17NO7. The number of nitro groups is 1. The van der Waals surface area contributed by atoms with Crippen molar-refractivity contribution in [1.29, 1.82) is 0 Å². The predicted octanol–water partition coefficient (Wildman–Crippen LogP) is 1.62. The molecule has 2 atom stereocenters. The minimum atomic E-state index is -1.86. The number of rotatable bonds is 7. The molecule has 0 saturated heterocycles. The second-order valence-electron chi connectivity index (χ2n) is 5.27. The van der Waals surface area contributed by atoms with Crippen molar-refractivity contribution in [2.75, 3.05) is 13.2 Å². The molecule has 0 N–H and O–H groups in total. The van der Waals surface area contributed by atoms with Gasteiger partial charge in [-0.25, -0.2) is 0 Å². The fraction of sp³-hybridized carbons (Fsp3) is 0.438. The van der Waals surface area contributed by atoms with Crippen LogP contribution < -0.4 is 0 Å². The molecule has 8 heteroatoms. The van der Waals surface area contributed by atoms with Crippen LogP contribution in [0.25, 0.3) is 0 Å². The van der Waals surface area contributed by atoms with Gasteiger partial charge in [-0.05, 0) is 13.8 Å². The number of benzene rings is 1. The van der Waals surface area contributed by atoms with Crippen molar-refractivity contribution in [3.8, 4) is 0 Å². The van der Waals surface area contributed by atoms with Crippen molar-refractivity contribution in [2.45, 2.75) is 19.8 Å². The molecule has 0 aliphatic heterocycles. The largest absolute Gasteiger partial charge is 0.465 e. The average Bonchev–Trinajstić information content (AvgIpc) is 3.25. The average molecular weight is 335 g/mol. The first-order valence-electron chi connectivity index (χ1n) is 7.49. The molecule has 1 aliphatic carbocycles. The second kappa shape index (κ2) is 6.77. The van der Waals surface area contributed by atoms with E-state index in [2.05, 4.69) is 0 Å². The maximum absolute atomic E-state index is 12.4. The SMILES string of the molecule is CCOC(=O)C1(C(=O)OCC)[C@H](C=O)[C@@H]1c1ccccc1[N+](=O)[O-]. The van der Waals surface area contributed by atoms with Crippen LogP contribution in [0.15, 0.2) is 24.3 Å². The predicted molar refractivity (Wildman–Crippen MR) is 81.1 cm³/mol. The Balaban J connectivity index is 2.56. The highest BCUT2D eigenvalue weighted by molar-refractivity contribution is 6.09. The maximum Gasteiger partial charge on any atom is 0.324 e. The normalized spacial score (nSPS) is 20.8. The molecule has 0 amide bonds. The van der Waals surface area contributed by atoms with Crippen LogP contribution in [0, 0.1) is 21.4 Å². The van der Waals surface area contributed by atoms with Crippen molar-refractivity contribution in [1.82, 2.24) is 0 Å². The highest BCUT2D eigenvalue weighted by Gasteiger charge is 2.78. The molecule has 0 heterocycles. The summed E-state index contributed by atoms with van der Waals surface area (Å²) in [6, 6.07) is 5.70. The third kappa shape index (κ3) is 2.53. The highest BCUT2D eigenvalue weighted by Crippen LogP contribution is 2.66. The fourth-order valence-electron chi connectivity index (χ4n) is 3.07. The lowest BCUT2D eigenvalue weighted by Gasteiger charge is -2.15. The summed E-state index contributed by atoms with van der Waals surface area (Å²) in [5.41, 5.74) is -1.98. The number of para-hydroxylation sites is 1. The summed E-state index contributed by atoms with van der Waals surface area (Å²) < 4.78 is 9.90. The van der Waals surface area contributed by atoms with Gasteiger partial charge in [0.25, 0.3) is 5.69 Å². The Labute approximate surface area is 137 Å². The number of aldehydes is 1. The molecule has 0 bridgehead atoms. The van der Waals surface area contributed by atoms with Crippen LogP contribution in [0.5, 0.6) is 0 Å². The lowest BCUT2D eigenvalue weighted by atomic mass is 9.97. The Morgan fingerprint density at radius 3 is 2.21 bits per heavy atom. The minimum absolute atomic E-state index is 0.00910. The van der Waals surface area contributed by atoms with Gasteiger partial charge >= 0.3 is 11.9 Å². The zero-order chi connectivity index (χ0) is 17.9. The van der Waals surface area contributed by atoms with Crippen LogP contribution in [0.1, 0.15) is 25.3 Å². The van der Waals surface area contributed by atoms with E-state index in [1.165, 1.54) is 18.2 Å². The number of ether oxygens (including phenoxy) is 2. The Hall–Kier alpha value is -2.77. The van der Waals surface area contributed by atoms with Gasteiger partial charge in [-0.2, -0.15) is 0 Å². The van der Waals surface area contributed by atoms with Gasteiger partial charge in [0.05, 0.1) is 24.1 Å². The number of carbonyl (C=O) groups is 3. The lowest BCUT2D eigenvalue weighted by molar-refractivity contribution is -0.385. The van der Waals surface area contributed by atoms with E-state index in [-0.39, 0.29) is 24.5 Å². The van der Waals surface area contributed by atoms with Gasteiger partial charge in [0.1, 0.15) is 6.29 Å². The van der Waals surface area contributed by atoms with Gasteiger partial charge in [0.15, 0.2) is 5.41 Å². The van der Waals surface area contributed by atoms with E-state index in [1.54, 1.807) is 19.9 Å². The van der Waals surface area contributed by atoms with E-state index in [4.69, 9.17) is 9.47 Å². The first-order chi connectivity index (χ1) is 11.5. The van der Waals surface area contributed by atoms with Gasteiger partial charge < -0.3 is 14.3 Å². The van der Waals surface area contributed by atoms with E-state index in [0.29, 0.717) is 6.29 Å². The van der Waals surface area contributed by atoms with Gasteiger partial charge in [-0.3, -0.25) is 19.7 Å². The monoisotopic (exact) mass is 335 g/mol. The molecule has 0 aromatic heterocycles. The maximum atomic E-state index is 12.4. The first-order valence-corrected chi connectivity index (χ1v) is 7.49. The van der Waals surface area contributed by atoms with E-state index >= 15 is 0 Å². The van der Waals surface area contributed by atoms with Crippen LogP contribution in [-0.2, 0) is 23.9 Å². The number of hydrogen-bond acceptors (Lipinski definition) is 7. The molecule has 1 aromatic rings. The quantitative estimate of drug-likeness (QED) is 0.244. The third-order valence-corrected chi connectivity index (χ3v) is 4.11. The number of hydrogen-bond donors (Lipinski definition) is 0. The van der Waals surface area contributed by atoms with Crippen molar-refractivity contribution >= 4 is 23.9 Å². The summed E-state index contributed by atoms with van der Waals surface area (Å²) >= 11 is 0. The third-order valence-electron chi connectivity index (χ3n) is 4.11. The second-order valence-corrected chi connectivity index (χ2v) is 5.27. The molecule has 1 aromatic carbocycles. The van der Waals surface area contributed by atoms with Crippen molar-refractivity contribution < 1.29 is 28.8 Å². The molecular weight excluding hydrogens is 318 g/mol. The summed E-state index contributed by atoms with van der Waals surface area (Å²) in [5, 5.41) is 11.2. The molecule has 0 spiro atoms. The zero-order valence-electron chi connectivity index (χ0n) is 13.3. The number of nitro benzene ring substituents is 1. The van der Waals surface area contributed by atoms with Crippen molar-refractivity contribution in [3.63, 3.8) is 0 Å². The summed E-state index contributed by atoms with van der Waals surface area (Å²) in [6.07, 6.45) is 0.454. The Kier molecular flexibility index (Phi) is 4.96. The molecule has 2 rings (SSSR count).